The van der Waals surface area contributed by atoms with Crippen molar-refractivity contribution in [2.75, 3.05) is 6.61 Å². The highest BCUT2D eigenvalue weighted by molar-refractivity contribution is 5.66. The third-order valence-electron chi connectivity index (χ3n) is 4.84. The molecule has 0 saturated heterocycles. The van der Waals surface area contributed by atoms with E-state index in [1.54, 1.807) is 17.7 Å². The number of ether oxygens (including phenoxy) is 2. The lowest BCUT2D eigenvalue weighted by molar-refractivity contribution is -0.274. The molecule has 0 fully saturated rings. The number of benzene rings is 1. The molecule has 0 saturated carbocycles. The first-order valence-electron chi connectivity index (χ1n) is 9.87. The van der Waals surface area contributed by atoms with Crippen LogP contribution in [0.15, 0.2) is 24.3 Å². The number of hydrogen-bond acceptors (Lipinski definition) is 4. The summed E-state index contributed by atoms with van der Waals surface area (Å²) in [6.07, 6.45) is -2.69. The van der Waals surface area contributed by atoms with E-state index in [-0.39, 0.29) is 25.1 Å². The molecular weight excluding hydrogens is 401 g/mol. The predicted molar refractivity (Wildman–Crippen MR) is 105 cm³/mol. The van der Waals surface area contributed by atoms with Crippen molar-refractivity contribution in [3.8, 4) is 11.5 Å². The van der Waals surface area contributed by atoms with E-state index in [0.29, 0.717) is 29.5 Å². The number of carboxylic acid groups (broad SMARTS) is 1. The molecular formula is C21H27F3N2O4. The number of halogens is 3. The summed E-state index contributed by atoms with van der Waals surface area (Å²) in [5, 5.41) is 13.2. The molecule has 9 heteroatoms. The number of carboxylic acids is 1. The van der Waals surface area contributed by atoms with Gasteiger partial charge in [-0.3, -0.25) is 9.48 Å². The number of aromatic nitrogens is 2. The van der Waals surface area contributed by atoms with E-state index in [0.717, 1.165) is 18.5 Å². The zero-order chi connectivity index (χ0) is 22.3. The highest BCUT2D eigenvalue weighted by Crippen LogP contribution is 2.30. The van der Waals surface area contributed by atoms with Gasteiger partial charge in [-0.2, -0.15) is 5.10 Å². The van der Waals surface area contributed by atoms with Gasteiger partial charge in [0.15, 0.2) is 0 Å². The summed E-state index contributed by atoms with van der Waals surface area (Å²) in [6.45, 7) is 6.56. The first-order chi connectivity index (χ1) is 14.1. The maximum absolute atomic E-state index is 12.6. The van der Waals surface area contributed by atoms with E-state index in [1.807, 2.05) is 0 Å². The van der Waals surface area contributed by atoms with Gasteiger partial charge >= 0.3 is 12.3 Å². The molecule has 6 nitrogen and oxygen atoms in total. The van der Waals surface area contributed by atoms with E-state index in [2.05, 4.69) is 23.7 Å². The van der Waals surface area contributed by atoms with Crippen LogP contribution in [0.3, 0.4) is 0 Å². The number of aliphatic carboxylic acids is 1. The number of nitrogens with zero attached hydrogens (tertiary/aromatic N) is 2. The van der Waals surface area contributed by atoms with Crippen LogP contribution in [0.5, 0.6) is 11.5 Å². The maximum Gasteiger partial charge on any atom is 0.573 e. The zero-order valence-corrected chi connectivity index (χ0v) is 17.3. The summed E-state index contributed by atoms with van der Waals surface area (Å²) >= 11 is 0. The van der Waals surface area contributed by atoms with E-state index in [1.165, 1.54) is 18.2 Å². The van der Waals surface area contributed by atoms with Crippen molar-refractivity contribution in [2.45, 2.75) is 59.4 Å². The van der Waals surface area contributed by atoms with Crippen LogP contribution in [0, 0.1) is 12.8 Å². The molecule has 0 aliphatic heterocycles. The summed E-state index contributed by atoms with van der Waals surface area (Å²) in [7, 11) is 0. The van der Waals surface area contributed by atoms with Crippen molar-refractivity contribution in [1.29, 1.82) is 0 Å². The number of rotatable bonds is 11. The van der Waals surface area contributed by atoms with Crippen molar-refractivity contribution in [3.05, 3.63) is 41.2 Å². The van der Waals surface area contributed by atoms with Crippen LogP contribution >= 0.6 is 0 Å². The second-order valence-electron chi connectivity index (χ2n) is 7.14. The summed E-state index contributed by atoms with van der Waals surface area (Å²) in [6, 6.07) is 5.77. The third-order valence-corrected chi connectivity index (χ3v) is 4.84. The second kappa shape index (κ2) is 10.4. The van der Waals surface area contributed by atoms with Gasteiger partial charge in [-0.1, -0.05) is 26.7 Å². The van der Waals surface area contributed by atoms with Gasteiger partial charge in [-0.15, -0.1) is 13.2 Å². The van der Waals surface area contributed by atoms with E-state index >= 15 is 0 Å². The van der Waals surface area contributed by atoms with Gasteiger partial charge in [0.1, 0.15) is 11.5 Å². The lowest BCUT2D eigenvalue weighted by atomic mass is 10.1. The Morgan fingerprint density at radius 1 is 1.23 bits per heavy atom. The largest absolute Gasteiger partial charge is 0.573 e. The van der Waals surface area contributed by atoms with Gasteiger partial charge in [-0.25, -0.2) is 0 Å². The topological polar surface area (TPSA) is 73.6 Å². The molecule has 0 unspecified atom stereocenters. The normalized spacial score (nSPS) is 11.7. The summed E-state index contributed by atoms with van der Waals surface area (Å²) in [5.41, 5.74) is 1.87. The Hall–Kier alpha value is -2.71. The van der Waals surface area contributed by atoms with Crippen molar-refractivity contribution < 1.29 is 32.5 Å². The first kappa shape index (κ1) is 23.6. The van der Waals surface area contributed by atoms with Crippen LogP contribution in [0.4, 0.5) is 13.2 Å². The van der Waals surface area contributed by atoms with Gasteiger partial charge in [-0.05, 0) is 37.1 Å². The standard InChI is InChI=1S/C21H27F3N2O4/c1-4-15(5-2)13-29-19-8-7-18(30-21(22,23)24)11-16(19)12-26-14(3)10-17(25-26)6-9-20(27)28/h7-8,10-11,15H,4-6,9,12-13H2,1-3H3,(H,27,28). The minimum Gasteiger partial charge on any atom is -0.493 e. The van der Waals surface area contributed by atoms with Crippen LogP contribution < -0.4 is 9.47 Å². The highest BCUT2D eigenvalue weighted by atomic mass is 19.4. The highest BCUT2D eigenvalue weighted by Gasteiger charge is 2.31. The van der Waals surface area contributed by atoms with Crippen molar-refractivity contribution >= 4 is 5.97 Å². The molecule has 0 bridgehead atoms. The van der Waals surface area contributed by atoms with Crippen molar-refractivity contribution in [1.82, 2.24) is 9.78 Å². The number of hydrogen-bond donors (Lipinski definition) is 1. The zero-order valence-electron chi connectivity index (χ0n) is 17.3. The average Bonchev–Trinajstić information content (AvgIpc) is 3.00. The molecule has 2 aromatic rings. The van der Waals surface area contributed by atoms with Crippen molar-refractivity contribution in [2.24, 2.45) is 5.92 Å². The molecule has 30 heavy (non-hydrogen) atoms. The monoisotopic (exact) mass is 428 g/mol. The fourth-order valence-corrected chi connectivity index (χ4v) is 3.01. The molecule has 0 spiro atoms. The maximum atomic E-state index is 12.6. The second-order valence-corrected chi connectivity index (χ2v) is 7.14. The van der Waals surface area contributed by atoms with Crippen molar-refractivity contribution in [3.63, 3.8) is 0 Å². The lowest BCUT2D eigenvalue weighted by Gasteiger charge is -2.18. The third kappa shape index (κ3) is 7.27. The van der Waals surface area contributed by atoms with E-state index in [9.17, 15) is 18.0 Å². The molecule has 1 N–H and O–H groups in total. The Bertz CT molecular complexity index is 845. The molecule has 1 heterocycles. The smallest absolute Gasteiger partial charge is 0.493 e. The van der Waals surface area contributed by atoms with Gasteiger partial charge in [0.25, 0.3) is 0 Å². The fraction of sp³-hybridized carbons (Fsp3) is 0.524. The fourth-order valence-electron chi connectivity index (χ4n) is 3.01. The summed E-state index contributed by atoms with van der Waals surface area (Å²) < 4.78 is 49.5. The van der Waals surface area contributed by atoms with Gasteiger partial charge in [0, 0.05) is 17.7 Å². The quantitative estimate of drug-likeness (QED) is 0.547. The Labute approximate surface area is 173 Å². The Morgan fingerprint density at radius 3 is 2.53 bits per heavy atom. The number of alkyl halides is 3. The molecule has 0 radical (unpaired) electrons. The van der Waals surface area contributed by atoms with Crippen LogP contribution in [-0.4, -0.2) is 33.8 Å². The molecule has 1 aromatic heterocycles. The Kier molecular flexibility index (Phi) is 8.14. The summed E-state index contributed by atoms with van der Waals surface area (Å²) in [5.74, 6) is -0.434. The molecule has 0 aliphatic carbocycles. The SMILES string of the molecule is CCC(CC)COc1ccc(OC(F)(F)F)cc1Cn1nc(CCC(=O)O)cc1C. The minimum atomic E-state index is -4.79. The van der Waals surface area contributed by atoms with Crippen LogP contribution in [0.1, 0.15) is 50.1 Å². The van der Waals surface area contributed by atoms with Crippen LogP contribution in [0.25, 0.3) is 0 Å². The molecule has 0 atom stereocenters. The van der Waals surface area contributed by atoms with Crippen LogP contribution in [-0.2, 0) is 17.8 Å². The lowest BCUT2D eigenvalue weighted by Crippen LogP contribution is -2.18. The Balaban J connectivity index is 2.27. The predicted octanol–water partition coefficient (Wildman–Crippen LogP) is 4.97. The van der Waals surface area contributed by atoms with E-state index < -0.39 is 12.3 Å². The first-order valence-corrected chi connectivity index (χ1v) is 9.87. The number of aryl methyl sites for hydroxylation is 2. The molecule has 0 amide bonds. The summed E-state index contributed by atoms with van der Waals surface area (Å²) in [4.78, 5) is 10.8. The number of carbonyl (C=O) groups is 1. The van der Waals surface area contributed by atoms with E-state index in [4.69, 9.17) is 9.84 Å². The van der Waals surface area contributed by atoms with Gasteiger partial charge < -0.3 is 14.6 Å². The Morgan fingerprint density at radius 2 is 1.93 bits per heavy atom. The minimum absolute atomic E-state index is 0.0465. The molecule has 0 aliphatic rings. The molecule has 166 valence electrons. The van der Waals surface area contributed by atoms with Gasteiger partial charge in [0.2, 0.25) is 0 Å². The molecule has 1 aromatic carbocycles. The average molecular weight is 428 g/mol. The van der Waals surface area contributed by atoms with Gasteiger partial charge in [0.05, 0.1) is 25.3 Å². The molecule has 2 rings (SSSR count). The van der Waals surface area contributed by atoms with Crippen LogP contribution in [0.2, 0.25) is 0 Å².